The molecule has 0 aliphatic carbocycles. The molecule has 0 fully saturated rings. The van der Waals surface area contributed by atoms with Gasteiger partial charge in [0.05, 0.1) is 10.4 Å². The van der Waals surface area contributed by atoms with Crippen molar-refractivity contribution in [2.45, 2.75) is 26.3 Å². The van der Waals surface area contributed by atoms with E-state index in [1.54, 1.807) is 11.3 Å². The third kappa shape index (κ3) is 4.03. The molecule has 3 nitrogen and oxygen atoms in total. The molecule has 1 atom stereocenters. The maximum absolute atomic E-state index is 5.92. The van der Waals surface area contributed by atoms with Crippen LogP contribution in [0, 0.1) is 0 Å². The summed E-state index contributed by atoms with van der Waals surface area (Å²) in [4.78, 5) is 3.60. The first-order chi connectivity index (χ1) is 7.71. The molecular weight excluding hydrogens is 242 g/mol. The molecular formula is C11H20ClN3S. The van der Waals surface area contributed by atoms with Crippen molar-refractivity contribution in [2.24, 2.45) is 5.84 Å². The van der Waals surface area contributed by atoms with E-state index in [1.165, 1.54) is 4.88 Å². The van der Waals surface area contributed by atoms with Gasteiger partial charge in [-0.25, -0.2) is 0 Å². The molecule has 16 heavy (non-hydrogen) atoms. The van der Waals surface area contributed by atoms with E-state index in [1.807, 2.05) is 12.1 Å². The molecule has 1 aromatic heterocycles. The number of nitrogens with one attached hydrogen (secondary N) is 1. The van der Waals surface area contributed by atoms with E-state index in [9.17, 15) is 0 Å². The predicted molar refractivity (Wildman–Crippen MR) is 71.8 cm³/mol. The minimum Gasteiger partial charge on any atom is -0.304 e. The fraction of sp³-hybridized carbons (Fsp3) is 0.636. The van der Waals surface area contributed by atoms with Gasteiger partial charge in [0.25, 0.3) is 0 Å². The normalized spacial score (nSPS) is 13.3. The molecule has 0 spiro atoms. The van der Waals surface area contributed by atoms with Crippen molar-refractivity contribution in [1.29, 1.82) is 0 Å². The van der Waals surface area contributed by atoms with E-state index in [0.717, 1.165) is 30.4 Å². The average molecular weight is 262 g/mol. The van der Waals surface area contributed by atoms with Gasteiger partial charge in [-0.3, -0.25) is 11.3 Å². The summed E-state index contributed by atoms with van der Waals surface area (Å²) in [7, 11) is 0. The maximum Gasteiger partial charge on any atom is 0.0931 e. The molecule has 0 amide bonds. The Morgan fingerprint density at radius 2 is 2.12 bits per heavy atom. The first kappa shape index (κ1) is 13.9. The van der Waals surface area contributed by atoms with Gasteiger partial charge >= 0.3 is 0 Å². The highest BCUT2D eigenvalue weighted by molar-refractivity contribution is 7.16. The summed E-state index contributed by atoms with van der Waals surface area (Å²) in [6.07, 6.45) is 1.01. The van der Waals surface area contributed by atoms with Crippen LogP contribution in [0.25, 0.3) is 0 Å². The Morgan fingerprint density at radius 1 is 1.44 bits per heavy atom. The third-order valence-corrected chi connectivity index (χ3v) is 4.11. The molecule has 0 aliphatic rings. The summed E-state index contributed by atoms with van der Waals surface area (Å²) < 4.78 is 0.818. The molecule has 1 unspecified atom stereocenters. The van der Waals surface area contributed by atoms with Crippen molar-refractivity contribution in [3.8, 4) is 0 Å². The third-order valence-electron chi connectivity index (χ3n) is 2.77. The van der Waals surface area contributed by atoms with Crippen LogP contribution in [0.1, 0.15) is 31.2 Å². The van der Waals surface area contributed by atoms with Crippen LogP contribution in [-0.4, -0.2) is 24.5 Å². The number of halogens is 1. The molecule has 0 bridgehead atoms. The number of rotatable bonds is 7. The molecule has 1 aromatic rings. The summed E-state index contributed by atoms with van der Waals surface area (Å²) in [6.45, 7) is 7.57. The summed E-state index contributed by atoms with van der Waals surface area (Å²) in [5.41, 5.74) is 2.86. The molecule has 0 saturated heterocycles. The van der Waals surface area contributed by atoms with E-state index >= 15 is 0 Å². The maximum atomic E-state index is 5.92. The number of hydrazine groups is 1. The van der Waals surface area contributed by atoms with E-state index in [0.29, 0.717) is 0 Å². The molecule has 3 N–H and O–H groups in total. The van der Waals surface area contributed by atoms with Gasteiger partial charge in [0.15, 0.2) is 0 Å². The fourth-order valence-electron chi connectivity index (χ4n) is 1.67. The van der Waals surface area contributed by atoms with Crippen molar-refractivity contribution in [3.05, 3.63) is 21.3 Å². The highest BCUT2D eigenvalue weighted by Gasteiger charge is 2.13. The molecule has 5 heteroatoms. The number of nitrogens with two attached hydrogens (primary N) is 1. The Labute approximate surface area is 107 Å². The molecule has 1 heterocycles. The smallest absolute Gasteiger partial charge is 0.0931 e. The lowest BCUT2D eigenvalue weighted by Gasteiger charge is -2.21. The summed E-state index contributed by atoms with van der Waals surface area (Å²) in [6, 6.07) is 4.17. The van der Waals surface area contributed by atoms with E-state index in [-0.39, 0.29) is 6.04 Å². The Balaban J connectivity index is 2.49. The van der Waals surface area contributed by atoms with E-state index in [2.05, 4.69) is 24.2 Å². The number of hydrogen-bond donors (Lipinski definition) is 2. The van der Waals surface area contributed by atoms with Crippen LogP contribution in [-0.2, 0) is 0 Å². The topological polar surface area (TPSA) is 41.3 Å². The highest BCUT2D eigenvalue weighted by atomic mass is 35.5. The number of hydrogen-bond acceptors (Lipinski definition) is 4. The van der Waals surface area contributed by atoms with Gasteiger partial charge in [0.1, 0.15) is 0 Å². The minimum atomic E-state index is 0.207. The second-order valence-corrected chi connectivity index (χ2v) is 5.42. The quantitative estimate of drug-likeness (QED) is 0.586. The Hall–Kier alpha value is -0.130. The van der Waals surface area contributed by atoms with Crippen LogP contribution in [0.2, 0.25) is 4.34 Å². The van der Waals surface area contributed by atoms with Crippen molar-refractivity contribution in [3.63, 3.8) is 0 Å². The highest BCUT2D eigenvalue weighted by Crippen LogP contribution is 2.28. The number of thiophene rings is 1. The van der Waals surface area contributed by atoms with Gasteiger partial charge in [-0.2, -0.15) is 0 Å². The molecule has 0 saturated carbocycles. The predicted octanol–water partition coefficient (Wildman–Crippen LogP) is 2.64. The van der Waals surface area contributed by atoms with Crippen LogP contribution < -0.4 is 11.3 Å². The molecule has 0 aliphatic heterocycles. The van der Waals surface area contributed by atoms with Crippen LogP contribution >= 0.6 is 22.9 Å². The Kier molecular flexibility index (Phi) is 6.31. The van der Waals surface area contributed by atoms with Crippen molar-refractivity contribution >= 4 is 22.9 Å². The minimum absolute atomic E-state index is 0.207. The lowest BCUT2D eigenvalue weighted by Crippen LogP contribution is -2.32. The zero-order valence-electron chi connectivity index (χ0n) is 9.87. The largest absolute Gasteiger partial charge is 0.304 e. The van der Waals surface area contributed by atoms with Gasteiger partial charge in [-0.1, -0.05) is 25.4 Å². The fourth-order valence-corrected chi connectivity index (χ4v) is 2.83. The zero-order chi connectivity index (χ0) is 12.0. The van der Waals surface area contributed by atoms with Crippen molar-refractivity contribution in [1.82, 2.24) is 10.3 Å². The van der Waals surface area contributed by atoms with Gasteiger partial charge in [-0.05, 0) is 38.2 Å². The molecule has 0 radical (unpaired) electrons. The lowest BCUT2D eigenvalue weighted by molar-refractivity contribution is 0.283. The van der Waals surface area contributed by atoms with Crippen LogP contribution in [0.5, 0.6) is 0 Å². The summed E-state index contributed by atoms with van der Waals surface area (Å²) in [5, 5.41) is 0. The number of nitrogens with zero attached hydrogens (tertiary/aromatic N) is 1. The van der Waals surface area contributed by atoms with Gasteiger partial charge in [-0.15, -0.1) is 11.3 Å². The van der Waals surface area contributed by atoms with E-state index in [4.69, 9.17) is 17.4 Å². The second kappa shape index (κ2) is 7.25. The Morgan fingerprint density at radius 3 is 2.56 bits per heavy atom. The second-order valence-electron chi connectivity index (χ2n) is 3.68. The van der Waals surface area contributed by atoms with Crippen molar-refractivity contribution in [2.75, 3.05) is 19.6 Å². The van der Waals surface area contributed by atoms with Crippen LogP contribution in [0.3, 0.4) is 0 Å². The van der Waals surface area contributed by atoms with Gasteiger partial charge in [0.2, 0.25) is 0 Å². The van der Waals surface area contributed by atoms with Crippen LogP contribution in [0.15, 0.2) is 12.1 Å². The molecule has 0 aromatic carbocycles. The summed E-state index contributed by atoms with van der Waals surface area (Å²) in [5.74, 6) is 5.58. The first-order valence-corrected chi connectivity index (χ1v) is 6.84. The monoisotopic (exact) mass is 261 g/mol. The van der Waals surface area contributed by atoms with Gasteiger partial charge < -0.3 is 4.90 Å². The lowest BCUT2D eigenvalue weighted by atomic mass is 10.1. The first-order valence-electron chi connectivity index (χ1n) is 5.65. The van der Waals surface area contributed by atoms with Crippen molar-refractivity contribution < 1.29 is 0 Å². The average Bonchev–Trinajstić information content (AvgIpc) is 2.71. The standard InChI is InChI=1S/C11H20ClN3S/c1-3-15(4-2)8-7-9(14-13)10-5-6-11(12)16-10/h5-6,9,14H,3-4,7-8,13H2,1-2H3. The summed E-state index contributed by atoms with van der Waals surface area (Å²) >= 11 is 7.51. The molecule has 1 rings (SSSR count). The van der Waals surface area contributed by atoms with Crippen LogP contribution in [0.4, 0.5) is 0 Å². The SMILES string of the molecule is CCN(CC)CCC(NN)c1ccc(Cl)s1. The van der Waals surface area contributed by atoms with Gasteiger partial charge in [0, 0.05) is 4.88 Å². The van der Waals surface area contributed by atoms with E-state index < -0.39 is 0 Å². The Bertz CT molecular complexity index is 299. The zero-order valence-corrected chi connectivity index (χ0v) is 11.4. The molecule has 92 valence electrons.